The normalized spacial score (nSPS) is 11.8. The summed E-state index contributed by atoms with van der Waals surface area (Å²) < 4.78 is 0. The van der Waals surface area contributed by atoms with Gasteiger partial charge in [0.25, 0.3) is 0 Å². The van der Waals surface area contributed by atoms with Crippen LogP contribution in [0.25, 0.3) is 0 Å². The van der Waals surface area contributed by atoms with Gasteiger partial charge >= 0.3 is 0 Å². The molecule has 1 N–H and O–H groups in total. The van der Waals surface area contributed by atoms with Crippen LogP contribution in [0.2, 0.25) is 0 Å². The van der Waals surface area contributed by atoms with Crippen LogP contribution in [0.4, 0.5) is 5.69 Å². The van der Waals surface area contributed by atoms with Gasteiger partial charge in [0.15, 0.2) is 0 Å². The molecule has 2 aromatic carbocycles. The number of benzene rings is 2. The van der Waals surface area contributed by atoms with Crippen LogP contribution in [-0.2, 0) is 4.79 Å². The molecule has 0 spiro atoms. The molecule has 19 heavy (non-hydrogen) atoms. The number of amides is 1. The Labute approximate surface area is 118 Å². The van der Waals surface area contributed by atoms with Gasteiger partial charge in [-0.1, -0.05) is 48.5 Å². The fourth-order valence-electron chi connectivity index (χ4n) is 1.74. The maximum absolute atomic E-state index is 11.8. The van der Waals surface area contributed by atoms with Gasteiger partial charge < -0.3 is 5.32 Å². The van der Waals surface area contributed by atoms with Gasteiger partial charge in [-0.05, 0) is 24.6 Å². The molecule has 0 bridgehead atoms. The van der Waals surface area contributed by atoms with E-state index in [1.54, 1.807) is 11.8 Å². The van der Waals surface area contributed by atoms with E-state index < -0.39 is 0 Å². The summed E-state index contributed by atoms with van der Waals surface area (Å²) in [5.41, 5.74) is 2.10. The smallest absolute Gasteiger partial charge is 0.234 e. The fraction of sp³-hybridized carbons (Fsp3) is 0.188. The number of anilines is 1. The lowest BCUT2D eigenvalue weighted by Crippen LogP contribution is -2.14. The van der Waals surface area contributed by atoms with Crippen molar-refractivity contribution in [3.8, 4) is 0 Å². The Hall–Kier alpha value is -1.74. The van der Waals surface area contributed by atoms with Crippen molar-refractivity contribution in [3.05, 3.63) is 66.2 Å². The van der Waals surface area contributed by atoms with Gasteiger partial charge in [-0.2, -0.15) is 0 Å². The minimum absolute atomic E-state index is 0.0407. The average molecular weight is 271 g/mol. The number of carbonyl (C=O) groups excluding carboxylic acids is 1. The van der Waals surface area contributed by atoms with E-state index in [1.807, 2.05) is 48.5 Å². The third-order valence-electron chi connectivity index (χ3n) is 2.79. The van der Waals surface area contributed by atoms with Crippen molar-refractivity contribution in [1.82, 2.24) is 0 Å². The molecule has 0 aliphatic carbocycles. The monoisotopic (exact) mass is 271 g/mol. The highest BCUT2D eigenvalue weighted by Crippen LogP contribution is 2.27. The molecule has 0 radical (unpaired) electrons. The third kappa shape index (κ3) is 4.45. The number of nitrogens with one attached hydrogen (secondary N) is 1. The molecule has 0 saturated carbocycles. The summed E-state index contributed by atoms with van der Waals surface area (Å²) in [4.78, 5) is 11.8. The highest BCUT2D eigenvalue weighted by molar-refractivity contribution is 8.00. The summed E-state index contributed by atoms with van der Waals surface area (Å²) in [6.45, 7) is 2.12. The summed E-state index contributed by atoms with van der Waals surface area (Å²) in [6.07, 6.45) is 0. The molecule has 2 rings (SSSR count). The Kier molecular flexibility index (Phi) is 5.04. The first-order valence-electron chi connectivity index (χ1n) is 6.27. The van der Waals surface area contributed by atoms with Gasteiger partial charge in [-0.15, -0.1) is 11.8 Å². The zero-order valence-corrected chi connectivity index (χ0v) is 11.7. The summed E-state index contributed by atoms with van der Waals surface area (Å²) in [5, 5.41) is 3.21. The number of thioether (sulfide) groups is 1. The Bertz CT molecular complexity index is 513. The Morgan fingerprint density at radius 1 is 1.05 bits per heavy atom. The van der Waals surface area contributed by atoms with Crippen LogP contribution in [0.5, 0.6) is 0 Å². The Morgan fingerprint density at radius 2 is 1.63 bits per heavy atom. The zero-order valence-electron chi connectivity index (χ0n) is 10.9. The lowest BCUT2D eigenvalue weighted by atomic mass is 10.2. The minimum atomic E-state index is 0.0407. The van der Waals surface area contributed by atoms with Crippen LogP contribution in [0.1, 0.15) is 17.7 Å². The van der Waals surface area contributed by atoms with E-state index in [4.69, 9.17) is 0 Å². The van der Waals surface area contributed by atoms with Crippen molar-refractivity contribution in [2.24, 2.45) is 0 Å². The molecule has 0 fully saturated rings. The fourth-order valence-corrected chi connectivity index (χ4v) is 2.56. The molecule has 1 atom stereocenters. The third-order valence-corrected chi connectivity index (χ3v) is 3.99. The zero-order chi connectivity index (χ0) is 13.5. The molecule has 0 aromatic heterocycles. The van der Waals surface area contributed by atoms with E-state index in [0.29, 0.717) is 11.0 Å². The van der Waals surface area contributed by atoms with Crippen LogP contribution < -0.4 is 5.32 Å². The molecule has 1 unspecified atom stereocenters. The van der Waals surface area contributed by atoms with Crippen molar-refractivity contribution in [1.29, 1.82) is 0 Å². The molecule has 2 aromatic rings. The maximum atomic E-state index is 11.8. The second kappa shape index (κ2) is 7.00. The highest BCUT2D eigenvalue weighted by atomic mass is 32.2. The first-order chi connectivity index (χ1) is 9.25. The lowest BCUT2D eigenvalue weighted by Gasteiger charge is -2.11. The second-order valence-corrected chi connectivity index (χ2v) is 5.61. The minimum Gasteiger partial charge on any atom is -0.325 e. The molecule has 0 aliphatic rings. The SMILES string of the molecule is CC(SCC(=O)Nc1ccccc1)c1ccccc1. The Morgan fingerprint density at radius 3 is 2.26 bits per heavy atom. The molecule has 3 heteroatoms. The molecular weight excluding hydrogens is 254 g/mol. The van der Waals surface area contributed by atoms with Gasteiger partial charge in [0.2, 0.25) is 5.91 Å². The van der Waals surface area contributed by atoms with Gasteiger partial charge in [-0.25, -0.2) is 0 Å². The molecule has 1 amide bonds. The van der Waals surface area contributed by atoms with Crippen molar-refractivity contribution in [3.63, 3.8) is 0 Å². The predicted molar refractivity (Wildman–Crippen MR) is 82.4 cm³/mol. The van der Waals surface area contributed by atoms with Crippen LogP contribution >= 0.6 is 11.8 Å². The number of hydrogen-bond donors (Lipinski definition) is 1. The molecule has 98 valence electrons. The van der Waals surface area contributed by atoms with Crippen molar-refractivity contribution in [2.75, 3.05) is 11.1 Å². The number of carbonyl (C=O) groups is 1. The number of para-hydroxylation sites is 1. The maximum Gasteiger partial charge on any atom is 0.234 e. The van der Waals surface area contributed by atoms with Crippen molar-refractivity contribution < 1.29 is 4.79 Å². The first kappa shape index (κ1) is 13.7. The molecule has 0 aliphatic heterocycles. The van der Waals surface area contributed by atoms with Gasteiger partial charge in [0.05, 0.1) is 5.75 Å². The number of hydrogen-bond acceptors (Lipinski definition) is 2. The van der Waals surface area contributed by atoms with E-state index >= 15 is 0 Å². The summed E-state index contributed by atoms with van der Waals surface area (Å²) >= 11 is 1.64. The van der Waals surface area contributed by atoms with E-state index in [0.717, 1.165) is 5.69 Å². The molecule has 0 saturated heterocycles. The standard InChI is InChI=1S/C16H17NOS/c1-13(14-8-4-2-5-9-14)19-12-16(18)17-15-10-6-3-7-11-15/h2-11,13H,12H2,1H3,(H,17,18). The average Bonchev–Trinajstić information content (AvgIpc) is 2.47. The Balaban J connectivity index is 1.81. The summed E-state index contributed by atoms with van der Waals surface area (Å²) in [6, 6.07) is 19.8. The van der Waals surface area contributed by atoms with Crippen LogP contribution in [0, 0.1) is 0 Å². The van der Waals surface area contributed by atoms with Crippen LogP contribution in [0.15, 0.2) is 60.7 Å². The van der Waals surface area contributed by atoms with E-state index in [1.165, 1.54) is 5.56 Å². The highest BCUT2D eigenvalue weighted by Gasteiger charge is 2.08. The van der Waals surface area contributed by atoms with E-state index in [-0.39, 0.29) is 5.91 Å². The summed E-state index contributed by atoms with van der Waals surface area (Å²) in [5.74, 6) is 0.504. The number of rotatable bonds is 5. The quantitative estimate of drug-likeness (QED) is 0.886. The lowest BCUT2D eigenvalue weighted by molar-refractivity contribution is -0.113. The topological polar surface area (TPSA) is 29.1 Å². The second-order valence-electron chi connectivity index (χ2n) is 4.28. The van der Waals surface area contributed by atoms with Crippen molar-refractivity contribution in [2.45, 2.75) is 12.2 Å². The predicted octanol–water partition coefficient (Wildman–Crippen LogP) is 4.12. The molecule has 0 heterocycles. The van der Waals surface area contributed by atoms with Crippen LogP contribution in [-0.4, -0.2) is 11.7 Å². The van der Waals surface area contributed by atoms with Gasteiger partial charge in [0.1, 0.15) is 0 Å². The van der Waals surface area contributed by atoms with E-state index in [2.05, 4.69) is 24.4 Å². The van der Waals surface area contributed by atoms with Crippen LogP contribution in [0.3, 0.4) is 0 Å². The van der Waals surface area contributed by atoms with Crippen molar-refractivity contribution >= 4 is 23.4 Å². The largest absolute Gasteiger partial charge is 0.325 e. The molecular formula is C16H17NOS. The summed E-state index contributed by atoms with van der Waals surface area (Å²) in [7, 11) is 0. The van der Waals surface area contributed by atoms with Gasteiger partial charge in [0, 0.05) is 10.9 Å². The van der Waals surface area contributed by atoms with Gasteiger partial charge in [-0.3, -0.25) is 4.79 Å². The molecule has 2 nitrogen and oxygen atoms in total. The van der Waals surface area contributed by atoms with E-state index in [9.17, 15) is 4.79 Å². The first-order valence-corrected chi connectivity index (χ1v) is 7.32.